The Balaban J connectivity index is 0.991. The summed E-state index contributed by atoms with van der Waals surface area (Å²) >= 11 is 0. The maximum atomic E-state index is 6.18. The fourth-order valence-corrected chi connectivity index (χ4v) is 5.60. The number of fused-ring (bicyclic) bond motifs is 2. The highest BCUT2D eigenvalue weighted by atomic mass is 16.5. The SMILES string of the molecule is CC(C)(c1ccc(Oc2ncnc3c2ncn3-c2ccccc2)cc1)c1ccc(Oc2ncnc3c2ncn3-c2ccccc2)cc1. The van der Waals surface area contributed by atoms with E-state index in [0.29, 0.717) is 45.6 Å². The molecule has 0 spiro atoms. The summed E-state index contributed by atoms with van der Waals surface area (Å²) < 4.78 is 16.2. The van der Waals surface area contributed by atoms with Crippen LogP contribution in [0.15, 0.2) is 135 Å². The van der Waals surface area contributed by atoms with Crippen LogP contribution in [0.5, 0.6) is 23.3 Å². The lowest BCUT2D eigenvalue weighted by Crippen LogP contribution is -2.18. The van der Waals surface area contributed by atoms with E-state index in [1.165, 1.54) is 12.7 Å². The Morgan fingerprint density at radius 3 is 1.28 bits per heavy atom. The van der Waals surface area contributed by atoms with Crippen molar-refractivity contribution in [3.63, 3.8) is 0 Å². The third kappa shape index (κ3) is 5.21. The molecule has 8 aromatic rings. The predicted octanol–water partition coefficient (Wildman–Crippen LogP) is 7.85. The molecule has 0 aliphatic heterocycles. The maximum Gasteiger partial charge on any atom is 0.250 e. The van der Waals surface area contributed by atoms with Gasteiger partial charge in [0.2, 0.25) is 0 Å². The van der Waals surface area contributed by atoms with Crippen LogP contribution in [0.2, 0.25) is 0 Å². The fourth-order valence-electron chi connectivity index (χ4n) is 5.60. The molecule has 0 bridgehead atoms. The normalized spacial score (nSPS) is 11.6. The van der Waals surface area contributed by atoms with E-state index < -0.39 is 0 Å². The zero-order valence-electron chi connectivity index (χ0n) is 25.6. The van der Waals surface area contributed by atoms with Crippen LogP contribution in [0.25, 0.3) is 33.7 Å². The molecule has 10 heteroatoms. The van der Waals surface area contributed by atoms with Gasteiger partial charge in [-0.25, -0.2) is 19.9 Å². The van der Waals surface area contributed by atoms with Gasteiger partial charge >= 0.3 is 0 Å². The number of hydrogen-bond donors (Lipinski definition) is 0. The van der Waals surface area contributed by atoms with Crippen molar-refractivity contribution in [2.24, 2.45) is 0 Å². The number of imidazole rings is 2. The van der Waals surface area contributed by atoms with E-state index in [-0.39, 0.29) is 5.41 Å². The molecule has 47 heavy (non-hydrogen) atoms. The molecule has 228 valence electrons. The zero-order chi connectivity index (χ0) is 31.8. The minimum absolute atomic E-state index is 0.287. The van der Waals surface area contributed by atoms with Gasteiger partial charge in [-0.2, -0.15) is 9.97 Å². The molecule has 0 aliphatic rings. The van der Waals surface area contributed by atoms with Gasteiger partial charge in [0.25, 0.3) is 11.8 Å². The molecule has 4 aromatic heterocycles. The highest BCUT2D eigenvalue weighted by Crippen LogP contribution is 2.35. The molecule has 10 nitrogen and oxygen atoms in total. The monoisotopic (exact) mass is 616 g/mol. The van der Waals surface area contributed by atoms with E-state index in [2.05, 4.69) is 68.0 Å². The van der Waals surface area contributed by atoms with Gasteiger partial charge in [0.1, 0.15) is 36.8 Å². The lowest BCUT2D eigenvalue weighted by Gasteiger charge is -2.26. The molecular formula is C37H28N8O2. The number of aromatic nitrogens is 8. The van der Waals surface area contributed by atoms with Crippen LogP contribution in [-0.4, -0.2) is 39.0 Å². The van der Waals surface area contributed by atoms with Crippen molar-refractivity contribution in [1.29, 1.82) is 0 Å². The zero-order valence-corrected chi connectivity index (χ0v) is 25.6. The van der Waals surface area contributed by atoms with E-state index >= 15 is 0 Å². The molecule has 8 rings (SSSR count). The van der Waals surface area contributed by atoms with Crippen molar-refractivity contribution in [2.75, 3.05) is 0 Å². The summed E-state index contributed by atoms with van der Waals surface area (Å²) in [4.78, 5) is 26.7. The Bertz CT molecular complexity index is 2150. The van der Waals surface area contributed by atoms with Gasteiger partial charge < -0.3 is 9.47 Å². The van der Waals surface area contributed by atoms with E-state index in [9.17, 15) is 0 Å². The van der Waals surface area contributed by atoms with Gasteiger partial charge in [-0.15, -0.1) is 0 Å². The van der Waals surface area contributed by atoms with E-state index in [1.54, 1.807) is 12.7 Å². The molecular weight excluding hydrogens is 588 g/mol. The second kappa shape index (κ2) is 11.5. The van der Waals surface area contributed by atoms with Crippen LogP contribution in [-0.2, 0) is 5.41 Å². The minimum atomic E-state index is -0.287. The van der Waals surface area contributed by atoms with E-state index in [4.69, 9.17) is 9.47 Å². The molecule has 0 aliphatic carbocycles. The van der Waals surface area contributed by atoms with Crippen LogP contribution in [0, 0.1) is 0 Å². The lowest BCUT2D eigenvalue weighted by molar-refractivity contribution is 0.466. The van der Waals surface area contributed by atoms with Crippen molar-refractivity contribution >= 4 is 22.3 Å². The first-order chi connectivity index (χ1) is 23.0. The van der Waals surface area contributed by atoms with Gasteiger partial charge in [0, 0.05) is 16.8 Å². The van der Waals surface area contributed by atoms with Crippen molar-refractivity contribution < 1.29 is 9.47 Å². The summed E-state index contributed by atoms with van der Waals surface area (Å²) in [5.41, 5.74) is 6.44. The second-order valence-corrected chi connectivity index (χ2v) is 11.5. The number of para-hydroxylation sites is 2. The fraction of sp³-hybridized carbons (Fsp3) is 0.0811. The quantitative estimate of drug-likeness (QED) is 0.170. The molecule has 0 unspecified atom stereocenters. The average Bonchev–Trinajstić information content (AvgIpc) is 3.76. The Morgan fingerprint density at radius 2 is 0.872 bits per heavy atom. The third-order valence-corrected chi connectivity index (χ3v) is 8.25. The molecule has 0 saturated carbocycles. The Hall–Kier alpha value is -6.42. The number of hydrogen-bond acceptors (Lipinski definition) is 8. The lowest BCUT2D eigenvalue weighted by atomic mass is 9.78. The number of rotatable bonds is 8. The molecule has 4 aromatic carbocycles. The topological polar surface area (TPSA) is 106 Å². The van der Waals surface area contributed by atoms with Gasteiger partial charge in [0.05, 0.1) is 0 Å². The maximum absolute atomic E-state index is 6.18. The summed E-state index contributed by atoms with van der Waals surface area (Å²) in [6.45, 7) is 4.38. The average molecular weight is 617 g/mol. The Morgan fingerprint density at radius 1 is 0.468 bits per heavy atom. The molecule has 4 heterocycles. The van der Waals surface area contributed by atoms with Crippen LogP contribution >= 0.6 is 0 Å². The molecule has 0 radical (unpaired) electrons. The van der Waals surface area contributed by atoms with Gasteiger partial charge in [-0.3, -0.25) is 9.13 Å². The summed E-state index contributed by atoms with van der Waals surface area (Å²) in [5, 5.41) is 0. The van der Waals surface area contributed by atoms with Crippen LogP contribution in [0.1, 0.15) is 25.0 Å². The Labute approximate surface area is 270 Å². The molecule has 0 atom stereocenters. The largest absolute Gasteiger partial charge is 0.437 e. The van der Waals surface area contributed by atoms with Gasteiger partial charge in [-0.05, 0) is 59.7 Å². The second-order valence-electron chi connectivity index (χ2n) is 11.5. The summed E-state index contributed by atoms with van der Waals surface area (Å²) in [6, 6.07) is 36.0. The first-order valence-electron chi connectivity index (χ1n) is 15.1. The van der Waals surface area contributed by atoms with Gasteiger partial charge in [0.15, 0.2) is 22.3 Å². The highest BCUT2D eigenvalue weighted by Gasteiger charge is 2.24. The van der Waals surface area contributed by atoms with E-state index in [1.807, 2.05) is 94.1 Å². The van der Waals surface area contributed by atoms with Crippen LogP contribution in [0.4, 0.5) is 0 Å². The number of benzene rings is 4. The van der Waals surface area contributed by atoms with Crippen molar-refractivity contribution in [3.8, 4) is 34.6 Å². The third-order valence-electron chi connectivity index (χ3n) is 8.25. The van der Waals surface area contributed by atoms with E-state index in [0.717, 1.165) is 22.5 Å². The van der Waals surface area contributed by atoms with Crippen molar-refractivity contribution in [1.82, 2.24) is 39.0 Å². The molecule has 0 amide bonds. The van der Waals surface area contributed by atoms with Crippen LogP contribution < -0.4 is 9.47 Å². The van der Waals surface area contributed by atoms with Crippen LogP contribution in [0.3, 0.4) is 0 Å². The highest BCUT2D eigenvalue weighted by molar-refractivity contribution is 5.79. The van der Waals surface area contributed by atoms with Crippen molar-refractivity contribution in [3.05, 3.63) is 146 Å². The first-order valence-corrected chi connectivity index (χ1v) is 15.1. The first kappa shape index (κ1) is 28.1. The Kier molecular flexibility index (Phi) is 6.87. The predicted molar refractivity (Wildman–Crippen MR) is 178 cm³/mol. The summed E-state index contributed by atoms with van der Waals surface area (Å²) in [6.07, 6.45) is 6.45. The summed E-state index contributed by atoms with van der Waals surface area (Å²) in [5.74, 6) is 2.13. The number of nitrogens with zero attached hydrogens (tertiary/aromatic N) is 8. The summed E-state index contributed by atoms with van der Waals surface area (Å²) in [7, 11) is 0. The van der Waals surface area contributed by atoms with Gasteiger partial charge in [-0.1, -0.05) is 74.5 Å². The molecule has 0 fully saturated rings. The smallest absolute Gasteiger partial charge is 0.250 e. The standard InChI is InChI=1S/C37H28N8O2/c1-37(2,25-13-17-29(18-14-25)46-35-31-33(38-21-40-35)44(23-42-31)27-9-5-3-6-10-27)26-15-19-30(20-16-26)47-36-32-34(39-22-41-36)45(24-43-32)28-11-7-4-8-12-28/h3-24H,1-2H3. The number of ether oxygens (including phenoxy) is 2. The minimum Gasteiger partial charge on any atom is -0.437 e. The molecule has 0 N–H and O–H groups in total. The molecule has 0 saturated heterocycles. The van der Waals surface area contributed by atoms with Crippen molar-refractivity contribution in [2.45, 2.75) is 19.3 Å².